The van der Waals surface area contributed by atoms with Gasteiger partial charge in [0.2, 0.25) is 15.9 Å². The van der Waals surface area contributed by atoms with Crippen molar-refractivity contribution in [3.05, 3.63) is 23.8 Å². The predicted octanol–water partition coefficient (Wildman–Crippen LogP) is 0.555. The first-order valence-corrected chi connectivity index (χ1v) is 8.65. The van der Waals surface area contributed by atoms with Crippen molar-refractivity contribution in [2.75, 3.05) is 31.5 Å². The maximum atomic E-state index is 12.9. The zero-order valence-corrected chi connectivity index (χ0v) is 12.6. The topological polar surface area (TPSA) is 78.5 Å². The first kappa shape index (κ1) is 14.3. The van der Waals surface area contributed by atoms with Gasteiger partial charge in [-0.15, -0.1) is 0 Å². The van der Waals surface area contributed by atoms with Gasteiger partial charge in [-0.25, -0.2) is 8.42 Å². The Kier molecular flexibility index (Phi) is 3.86. The Morgan fingerprint density at radius 3 is 2.76 bits per heavy atom. The van der Waals surface area contributed by atoms with Gasteiger partial charge < -0.3 is 10.6 Å². The van der Waals surface area contributed by atoms with Gasteiger partial charge >= 0.3 is 0 Å². The Morgan fingerprint density at radius 1 is 1.10 bits per heavy atom. The molecule has 1 saturated heterocycles. The Bertz CT molecular complexity index is 657. The van der Waals surface area contributed by atoms with Crippen molar-refractivity contribution >= 4 is 21.6 Å². The number of rotatable bonds is 2. The molecule has 0 radical (unpaired) electrons. The van der Waals surface area contributed by atoms with Crippen LogP contribution in [0.25, 0.3) is 0 Å². The molecule has 6 nitrogen and oxygen atoms in total. The summed E-state index contributed by atoms with van der Waals surface area (Å²) in [5.74, 6) is -0.237. The number of benzene rings is 1. The van der Waals surface area contributed by atoms with Gasteiger partial charge in [-0.3, -0.25) is 4.79 Å². The van der Waals surface area contributed by atoms with Crippen molar-refractivity contribution in [2.45, 2.75) is 24.2 Å². The van der Waals surface area contributed by atoms with Crippen molar-refractivity contribution in [1.82, 2.24) is 9.62 Å². The van der Waals surface area contributed by atoms with Gasteiger partial charge in [0.1, 0.15) is 0 Å². The Hall–Kier alpha value is -1.60. The summed E-state index contributed by atoms with van der Waals surface area (Å²) in [6, 6.07) is 5.30. The summed E-state index contributed by atoms with van der Waals surface area (Å²) >= 11 is 0. The van der Waals surface area contributed by atoms with Gasteiger partial charge in [0.05, 0.1) is 11.4 Å². The molecular formula is C14H19N3O3S. The minimum atomic E-state index is -3.63. The predicted molar refractivity (Wildman–Crippen MR) is 79.6 cm³/mol. The van der Waals surface area contributed by atoms with Gasteiger partial charge in [-0.2, -0.15) is 4.31 Å². The zero-order valence-electron chi connectivity index (χ0n) is 11.8. The Labute approximate surface area is 124 Å². The number of anilines is 1. The summed E-state index contributed by atoms with van der Waals surface area (Å²) in [4.78, 5) is 12.0. The van der Waals surface area contributed by atoms with Gasteiger partial charge in [-0.05, 0) is 37.0 Å². The number of amides is 1. The molecular weight excluding hydrogens is 290 g/mol. The van der Waals surface area contributed by atoms with E-state index >= 15 is 0 Å². The van der Waals surface area contributed by atoms with Crippen LogP contribution in [0.1, 0.15) is 18.4 Å². The van der Waals surface area contributed by atoms with E-state index in [2.05, 4.69) is 10.6 Å². The van der Waals surface area contributed by atoms with Crippen LogP contribution in [0.4, 0.5) is 5.69 Å². The van der Waals surface area contributed by atoms with E-state index < -0.39 is 10.0 Å². The third-order valence-corrected chi connectivity index (χ3v) is 5.83. The second-order valence-corrected chi connectivity index (χ2v) is 7.26. The number of nitrogens with one attached hydrogen (secondary N) is 2. The van der Waals surface area contributed by atoms with Crippen LogP contribution < -0.4 is 10.6 Å². The molecule has 2 aliphatic heterocycles. The average molecular weight is 309 g/mol. The molecule has 0 spiro atoms. The average Bonchev–Trinajstić information content (AvgIpc) is 2.71. The summed E-state index contributed by atoms with van der Waals surface area (Å²) in [6.07, 6.45) is 2.30. The lowest BCUT2D eigenvalue weighted by molar-refractivity contribution is -0.120. The van der Waals surface area contributed by atoms with Crippen LogP contribution in [0.5, 0.6) is 0 Å². The highest BCUT2D eigenvalue weighted by Gasteiger charge is 2.31. The van der Waals surface area contributed by atoms with Crippen LogP contribution >= 0.6 is 0 Å². The number of nitrogens with zero attached hydrogens (tertiary/aromatic N) is 1. The van der Waals surface area contributed by atoms with Crippen LogP contribution in [-0.4, -0.2) is 44.8 Å². The fourth-order valence-electron chi connectivity index (χ4n) is 2.84. The molecule has 1 fully saturated rings. The smallest absolute Gasteiger partial charge is 0.243 e. The van der Waals surface area contributed by atoms with Crippen LogP contribution in [-0.2, 0) is 21.2 Å². The minimum absolute atomic E-state index is 0.0978. The number of carbonyl (C=O) groups excluding carboxylic acids is 1. The molecule has 0 atom stereocenters. The van der Waals surface area contributed by atoms with Gasteiger partial charge in [0, 0.05) is 25.3 Å². The Morgan fingerprint density at radius 2 is 1.90 bits per heavy atom. The molecule has 3 rings (SSSR count). The second kappa shape index (κ2) is 5.65. The molecule has 114 valence electrons. The van der Waals surface area contributed by atoms with Crippen molar-refractivity contribution in [3.63, 3.8) is 0 Å². The fraction of sp³-hybridized carbons (Fsp3) is 0.500. The summed E-state index contributed by atoms with van der Waals surface area (Å²) in [5.41, 5.74) is 1.73. The summed E-state index contributed by atoms with van der Waals surface area (Å²) in [5, 5.41) is 5.94. The van der Waals surface area contributed by atoms with E-state index in [4.69, 9.17) is 0 Å². The lowest BCUT2D eigenvalue weighted by Gasteiger charge is -2.24. The van der Waals surface area contributed by atoms with Crippen molar-refractivity contribution in [2.24, 2.45) is 0 Å². The van der Waals surface area contributed by atoms with E-state index in [-0.39, 0.29) is 12.5 Å². The molecule has 1 aromatic carbocycles. The SMILES string of the molecule is O=C1CN(S(=O)(=O)c2cccc3c2CCCN3)CCCN1. The molecule has 1 amide bonds. The summed E-state index contributed by atoms with van der Waals surface area (Å²) < 4.78 is 27.0. The second-order valence-electron chi connectivity index (χ2n) is 5.35. The molecule has 21 heavy (non-hydrogen) atoms. The van der Waals surface area contributed by atoms with Gasteiger partial charge in [-0.1, -0.05) is 6.07 Å². The molecule has 0 saturated carbocycles. The molecule has 0 aromatic heterocycles. The number of carbonyl (C=O) groups is 1. The molecule has 0 aliphatic carbocycles. The molecule has 1 aromatic rings. The highest BCUT2D eigenvalue weighted by molar-refractivity contribution is 7.89. The van der Waals surface area contributed by atoms with Crippen LogP contribution in [0, 0.1) is 0 Å². The molecule has 2 aliphatic rings. The molecule has 0 bridgehead atoms. The van der Waals surface area contributed by atoms with E-state index in [1.54, 1.807) is 12.1 Å². The maximum absolute atomic E-state index is 12.9. The van der Waals surface area contributed by atoms with E-state index in [0.717, 1.165) is 30.6 Å². The van der Waals surface area contributed by atoms with E-state index in [1.165, 1.54) is 4.31 Å². The van der Waals surface area contributed by atoms with Crippen molar-refractivity contribution in [1.29, 1.82) is 0 Å². The van der Waals surface area contributed by atoms with Crippen LogP contribution in [0.2, 0.25) is 0 Å². The van der Waals surface area contributed by atoms with E-state index in [0.29, 0.717) is 24.4 Å². The third kappa shape index (κ3) is 2.75. The van der Waals surface area contributed by atoms with Crippen LogP contribution in [0.15, 0.2) is 23.1 Å². The van der Waals surface area contributed by atoms with Crippen molar-refractivity contribution in [3.8, 4) is 0 Å². The normalized spacial score (nSPS) is 20.1. The first-order valence-electron chi connectivity index (χ1n) is 7.21. The van der Waals surface area contributed by atoms with Gasteiger partial charge in [0.25, 0.3) is 0 Å². The van der Waals surface area contributed by atoms with Crippen LogP contribution in [0.3, 0.4) is 0 Å². The minimum Gasteiger partial charge on any atom is -0.385 e. The van der Waals surface area contributed by atoms with Crippen molar-refractivity contribution < 1.29 is 13.2 Å². The summed E-state index contributed by atoms with van der Waals surface area (Å²) in [7, 11) is -3.63. The molecule has 2 heterocycles. The monoisotopic (exact) mass is 309 g/mol. The molecule has 2 N–H and O–H groups in total. The van der Waals surface area contributed by atoms with E-state index in [1.807, 2.05) is 6.07 Å². The standard InChI is InChI=1S/C14H19N3O3S/c18-14-10-17(9-3-8-16-14)21(19,20)13-6-1-5-12-11(13)4-2-7-15-12/h1,5-6,15H,2-4,7-10H2,(H,16,18). The third-order valence-electron chi connectivity index (χ3n) is 3.90. The molecule has 7 heteroatoms. The first-order chi connectivity index (χ1) is 10.1. The fourth-order valence-corrected chi connectivity index (χ4v) is 4.55. The lowest BCUT2D eigenvalue weighted by atomic mass is 10.0. The zero-order chi connectivity index (χ0) is 14.9. The van der Waals surface area contributed by atoms with E-state index in [9.17, 15) is 13.2 Å². The lowest BCUT2D eigenvalue weighted by Crippen LogP contribution is -2.38. The Balaban J connectivity index is 2.00. The number of sulfonamides is 1. The highest BCUT2D eigenvalue weighted by Crippen LogP contribution is 2.30. The summed E-state index contributed by atoms with van der Waals surface area (Å²) in [6.45, 7) is 1.67. The quantitative estimate of drug-likeness (QED) is 0.836. The highest BCUT2D eigenvalue weighted by atomic mass is 32.2. The number of hydrogen-bond acceptors (Lipinski definition) is 4. The molecule has 0 unspecified atom stereocenters. The maximum Gasteiger partial charge on any atom is 0.243 e. The number of hydrogen-bond donors (Lipinski definition) is 2. The number of fused-ring (bicyclic) bond motifs is 1. The van der Waals surface area contributed by atoms with Gasteiger partial charge in [0.15, 0.2) is 0 Å². The largest absolute Gasteiger partial charge is 0.385 e.